The minimum atomic E-state index is -0.737. The minimum absolute atomic E-state index is 0.0554. The molecule has 0 saturated carbocycles. The number of carbonyl (C=O) groups excluding carboxylic acids is 3. The first-order chi connectivity index (χ1) is 15.3. The lowest BCUT2D eigenvalue weighted by atomic mass is 10.0. The summed E-state index contributed by atoms with van der Waals surface area (Å²) in [6.45, 7) is 3.57. The maximum absolute atomic E-state index is 13.2. The molecule has 0 aromatic heterocycles. The highest BCUT2D eigenvalue weighted by molar-refractivity contribution is 5.94. The van der Waals surface area contributed by atoms with E-state index < -0.39 is 12.1 Å². The maximum atomic E-state index is 13.2. The molecule has 0 radical (unpaired) electrons. The van der Waals surface area contributed by atoms with Crippen LogP contribution in [0.2, 0.25) is 0 Å². The van der Waals surface area contributed by atoms with Crippen LogP contribution in [-0.4, -0.2) is 83.3 Å². The van der Waals surface area contributed by atoms with Crippen molar-refractivity contribution in [3.8, 4) is 6.07 Å². The third-order valence-corrected chi connectivity index (χ3v) is 7.05. The van der Waals surface area contributed by atoms with Gasteiger partial charge in [0.15, 0.2) is 0 Å². The Bertz CT molecular complexity index is 942. The highest BCUT2D eigenvalue weighted by Gasteiger charge is 2.51. The molecule has 2 bridgehead atoms. The lowest BCUT2D eigenvalue weighted by Crippen LogP contribution is -2.56. The molecule has 0 spiro atoms. The van der Waals surface area contributed by atoms with Crippen molar-refractivity contribution >= 4 is 17.7 Å². The van der Waals surface area contributed by atoms with Gasteiger partial charge < -0.3 is 20.9 Å². The molecule has 170 valence electrons. The van der Waals surface area contributed by atoms with E-state index in [9.17, 15) is 19.6 Å². The second-order valence-corrected chi connectivity index (χ2v) is 8.91. The summed E-state index contributed by atoms with van der Waals surface area (Å²) >= 11 is 0. The molecule has 1 aromatic carbocycles. The van der Waals surface area contributed by atoms with Gasteiger partial charge in [0.1, 0.15) is 6.04 Å². The molecule has 32 heavy (non-hydrogen) atoms. The fourth-order valence-electron chi connectivity index (χ4n) is 5.33. The number of nitrogens with one attached hydrogen (secondary N) is 1. The summed E-state index contributed by atoms with van der Waals surface area (Å²) in [5.41, 5.74) is 7.77. The van der Waals surface area contributed by atoms with Crippen LogP contribution in [0, 0.1) is 11.3 Å². The van der Waals surface area contributed by atoms with E-state index in [-0.39, 0.29) is 35.8 Å². The van der Waals surface area contributed by atoms with Crippen molar-refractivity contribution in [2.75, 3.05) is 26.7 Å². The molecule has 3 aliphatic rings. The summed E-state index contributed by atoms with van der Waals surface area (Å²) in [6, 6.07) is 8.08. The summed E-state index contributed by atoms with van der Waals surface area (Å²) in [4.78, 5) is 43.2. The smallest absolute Gasteiger partial charge is 0.251 e. The monoisotopic (exact) mass is 438 g/mol. The van der Waals surface area contributed by atoms with E-state index in [0.717, 1.165) is 18.4 Å². The molecule has 1 unspecified atom stereocenters. The lowest BCUT2D eigenvalue weighted by molar-refractivity contribution is -0.140. The standard InChI is InChI=1S/C23H30N6O3/c1-14(15-5-7-16(8-6-15)21(30)26-2)29-18-10-20(23(29)32)27(12-18)13-19(25)22(31)28-9-3-4-17(28)11-24/h5-8,14,17-20H,3-4,9-10,12-13,25H2,1-2H3,(H,26,30)/t14-,17+,18?,19+,20-/m1/s1. The first kappa shape index (κ1) is 22.2. The first-order valence-electron chi connectivity index (χ1n) is 11.2. The predicted octanol–water partition coefficient (Wildman–Crippen LogP) is 0.234. The average molecular weight is 439 g/mol. The molecule has 4 rings (SSSR count). The van der Waals surface area contributed by atoms with Crippen molar-refractivity contribution < 1.29 is 14.4 Å². The molecule has 9 heteroatoms. The van der Waals surface area contributed by atoms with Crippen LogP contribution in [0.1, 0.15) is 48.1 Å². The van der Waals surface area contributed by atoms with Gasteiger partial charge in [-0.2, -0.15) is 5.26 Å². The Morgan fingerprint density at radius 3 is 2.66 bits per heavy atom. The number of carbonyl (C=O) groups is 3. The molecule has 5 atom stereocenters. The van der Waals surface area contributed by atoms with Crippen LogP contribution in [0.15, 0.2) is 24.3 Å². The molecule has 9 nitrogen and oxygen atoms in total. The van der Waals surface area contributed by atoms with Crippen LogP contribution >= 0.6 is 0 Å². The fraction of sp³-hybridized carbons (Fsp3) is 0.565. The van der Waals surface area contributed by atoms with Gasteiger partial charge in [0.05, 0.1) is 24.2 Å². The molecule has 0 aliphatic carbocycles. The zero-order valence-corrected chi connectivity index (χ0v) is 18.5. The van der Waals surface area contributed by atoms with E-state index in [1.807, 2.05) is 28.9 Å². The van der Waals surface area contributed by atoms with Gasteiger partial charge in [0, 0.05) is 38.3 Å². The van der Waals surface area contributed by atoms with Gasteiger partial charge in [-0.05, 0) is 43.9 Å². The van der Waals surface area contributed by atoms with Gasteiger partial charge in [0.2, 0.25) is 11.8 Å². The van der Waals surface area contributed by atoms with Crippen molar-refractivity contribution in [3.05, 3.63) is 35.4 Å². The van der Waals surface area contributed by atoms with Gasteiger partial charge in [0.25, 0.3) is 5.91 Å². The van der Waals surface area contributed by atoms with Crippen LogP contribution in [0.4, 0.5) is 0 Å². The zero-order valence-electron chi connectivity index (χ0n) is 18.5. The predicted molar refractivity (Wildman–Crippen MR) is 117 cm³/mol. The number of rotatable bonds is 6. The van der Waals surface area contributed by atoms with Crippen molar-refractivity contribution in [2.24, 2.45) is 5.73 Å². The minimum Gasteiger partial charge on any atom is -0.355 e. The molecule has 3 fully saturated rings. The summed E-state index contributed by atoms with van der Waals surface area (Å²) in [5, 5.41) is 11.8. The van der Waals surface area contributed by atoms with Crippen molar-refractivity contribution in [3.63, 3.8) is 0 Å². The SMILES string of the molecule is CNC(=O)c1ccc([C@@H](C)N2C(=O)[C@H]3CC2CN3C[C@H](N)C(=O)N2CCC[C@H]2C#N)cc1. The normalized spacial score (nSPS) is 26.8. The molecular formula is C23H30N6O3. The largest absolute Gasteiger partial charge is 0.355 e. The first-order valence-corrected chi connectivity index (χ1v) is 11.2. The number of hydrogen-bond acceptors (Lipinski definition) is 6. The number of fused-ring (bicyclic) bond motifs is 2. The molecule has 3 aliphatic heterocycles. The number of nitrogens with two attached hydrogens (primary N) is 1. The van der Waals surface area contributed by atoms with Crippen molar-refractivity contribution in [2.45, 2.75) is 56.4 Å². The average Bonchev–Trinajstić information content (AvgIpc) is 3.52. The van der Waals surface area contributed by atoms with Crippen LogP contribution in [0.3, 0.4) is 0 Å². The van der Waals surface area contributed by atoms with E-state index in [1.165, 1.54) is 0 Å². The van der Waals surface area contributed by atoms with E-state index in [1.54, 1.807) is 24.1 Å². The van der Waals surface area contributed by atoms with E-state index >= 15 is 0 Å². The topological polar surface area (TPSA) is 123 Å². The Hall–Kier alpha value is -2.96. The molecule has 3 heterocycles. The summed E-state index contributed by atoms with van der Waals surface area (Å²) in [7, 11) is 1.59. The van der Waals surface area contributed by atoms with Crippen molar-refractivity contribution in [1.82, 2.24) is 20.0 Å². The number of amides is 3. The van der Waals surface area contributed by atoms with Gasteiger partial charge in [-0.15, -0.1) is 0 Å². The number of piperazine rings is 1. The van der Waals surface area contributed by atoms with Crippen LogP contribution in [-0.2, 0) is 9.59 Å². The molecule has 3 N–H and O–H groups in total. The second-order valence-electron chi connectivity index (χ2n) is 8.91. The Kier molecular flexibility index (Phi) is 6.17. The van der Waals surface area contributed by atoms with Crippen LogP contribution in [0.25, 0.3) is 0 Å². The molecule has 1 aromatic rings. The highest BCUT2D eigenvalue weighted by atomic mass is 16.2. The summed E-state index contributed by atoms with van der Waals surface area (Å²) < 4.78 is 0. The lowest BCUT2D eigenvalue weighted by Gasteiger charge is -2.38. The fourth-order valence-corrected chi connectivity index (χ4v) is 5.33. The maximum Gasteiger partial charge on any atom is 0.251 e. The Morgan fingerprint density at radius 2 is 2.03 bits per heavy atom. The number of likely N-dealkylation sites (tertiary alicyclic amines) is 3. The van der Waals surface area contributed by atoms with Crippen LogP contribution < -0.4 is 11.1 Å². The van der Waals surface area contributed by atoms with E-state index in [0.29, 0.717) is 31.6 Å². The quantitative estimate of drug-likeness (QED) is 0.656. The third kappa shape index (κ3) is 3.85. The third-order valence-electron chi connectivity index (χ3n) is 7.05. The highest BCUT2D eigenvalue weighted by Crippen LogP contribution is 2.38. The summed E-state index contributed by atoms with van der Waals surface area (Å²) in [6.07, 6.45) is 2.24. The van der Waals surface area contributed by atoms with Gasteiger partial charge in [-0.1, -0.05) is 12.1 Å². The van der Waals surface area contributed by atoms with Crippen LogP contribution in [0.5, 0.6) is 0 Å². The summed E-state index contributed by atoms with van der Waals surface area (Å²) in [5.74, 6) is -0.289. The van der Waals surface area contributed by atoms with E-state index in [2.05, 4.69) is 11.4 Å². The second kappa shape index (κ2) is 8.88. The number of nitrogens with zero attached hydrogens (tertiary/aromatic N) is 4. The van der Waals surface area contributed by atoms with Gasteiger partial charge >= 0.3 is 0 Å². The molecule has 3 amide bonds. The van der Waals surface area contributed by atoms with Crippen molar-refractivity contribution in [1.29, 1.82) is 5.26 Å². The number of benzene rings is 1. The van der Waals surface area contributed by atoms with Gasteiger partial charge in [-0.25, -0.2) is 0 Å². The van der Waals surface area contributed by atoms with E-state index in [4.69, 9.17) is 5.73 Å². The Balaban J connectivity index is 1.38. The van der Waals surface area contributed by atoms with Gasteiger partial charge in [-0.3, -0.25) is 19.3 Å². The Labute approximate surface area is 188 Å². The number of nitriles is 1. The molecule has 3 saturated heterocycles. The Morgan fingerprint density at radius 1 is 1.31 bits per heavy atom. The number of hydrogen-bond donors (Lipinski definition) is 2. The molecular weight excluding hydrogens is 408 g/mol. The zero-order chi connectivity index (χ0) is 23.0.